The van der Waals surface area contributed by atoms with Crippen molar-refractivity contribution >= 4 is 21.8 Å². The van der Waals surface area contributed by atoms with Crippen LogP contribution in [0.2, 0.25) is 0 Å². The topological polar surface area (TPSA) is 88.1 Å². The lowest BCUT2D eigenvalue weighted by molar-refractivity contribution is -0.118. The summed E-state index contributed by atoms with van der Waals surface area (Å²) in [5.41, 5.74) is 0.679. The molecule has 118 valence electrons. The third-order valence-corrected chi connectivity index (χ3v) is 4.44. The number of hydrogen-bond donors (Lipinski definition) is 1. The highest BCUT2D eigenvalue weighted by Crippen LogP contribution is 2.24. The lowest BCUT2D eigenvalue weighted by Gasteiger charge is -2.23. The highest BCUT2D eigenvalue weighted by molar-refractivity contribution is 7.88. The van der Waals surface area contributed by atoms with E-state index < -0.39 is 16.1 Å². The normalized spacial score (nSPS) is 16.6. The van der Waals surface area contributed by atoms with Gasteiger partial charge >= 0.3 is 10.2 Å². The summed E-state index contributed by atoms with van der Waals surface area (Å²) in [4.78, 5) is 12.1. The molecule has 1 aliphatic rings. The summed E-state index contributed by atoms with van der Waals surface area (Å²) in [7, 11) is -1.19. The Labute approximate surface area is 129 Å². The Kier molecular flexibility index (Phi) is 4.51. The van der Waals surface area contributed by atoms with Crippen molar-refractivity contribution in [3.8, 4) is 5.75 Å². The van der Waals surface area contributed by atoms with E-state index in [4.69, 9.17) is 4.74 Å². The molecule has 2 rings (SSSR count). The van der Waals surface area contributed by atoms with Gasteiger partial charge in [-0.1, -0.05) is 12.1 Å². The van der Waals surface area contributed by atoms with E-state index >= 15 is 0 Å². The Morgan fingerprint density at radius 3 is 2.68 bits per heavy atom. The second-order valence-electron chi connectivity index (χ2n) is 4.51. The highest BCUT2D eigenvalue weighted by atomic mass is 32.2. The molecular formula is C14H17N3O4S. The van der Waals surface area contributed by atoms with Gasteiger partial charge < -0.3 is 10.1 Å². The first-order valence-electron chi connectivity index (χ1n) is 6.62. The minimum atomic E-state index is -3.96. The second kappa shape index (κ2) is 6.18. The van der Waals surface area contributed by atoms with E-state index in [1.807, 2.05) is 0 Å². The van der Waals surface area contributed by atoms with Crippen molar-refractivity contribution in [2.75, 3.05) is 20.7 Å². The van der Waals surface area contributed by atoms with E-state index in [9.17, 15) is 13.2 Å². The van der Waals surface area contributed by atoms with Crippen molar-refractivity contribution in [3.63, 3.8) is 0 Å². The van der Waals surface area contributed by atoms with Crippen LogP contribution < -0.4 is 10.1 Å². The van der Waals surface area contributed by atoms with Gasteiger partial charge in [0.15, 0.2) is 0 Å². The van der Waals surface area contributed by atoms with Gasteiger partial charge in [0, 0.05) is 19.2 Å². The summed E-state index contributed by atoms with van der Waals surface area (Å²) >= 11 is 0. The summed E-state index contributed by atoms with van der Waals surface area (Å²) < 4.78 is 34.1. The lowest BCUT2D eigenvalue weighted by Crippen LogP contribution is -2.38. The predicted octanol–water partition coefficient (Wildman–Crippen LogP) is 0.695. The Morgan fingerprint density at radius 1 is 1.36 bits per heavy atom. The average Bonchev–Trinajstić information content (AvgIpc) is 2.49. The van der Waals surface area contributed by atoms with Crippen molar-refractivity contribution < 1.29 is 17.9 Å². The number of carbonyl (C=O) groups is 1. The number of methoxy groups -OCH3 is 1. The van der Waals surface area contributed by atoms with Gasteiger partial charge in [-0.05, 0) is 25.1 Å². The molecule has 0 bridgehead atoms. The van der Waals surface area contributed by atoms with Gasteiger partial charge in [-0.15, -0.1) is 4.40 Å². The molecule has 1 heterocycles. The monoisotopic (exact) mass is 323 g/mol. The molecule has 0 saturated heterocycles. The maximum absolute atomic E-state index is 12.2. The fraction of sp³-hybridized carbons (Fsp3) is 0.286. The first kappa shape index (κ1) is 16.0. The number of likely N-dealkylation sites (N-methyl/N-ethyl adjacent to an activating group) is 2. The number of nitrogens with one attached hydrogen (secondary N) is 1. The predicted molar refractivity (Wildman–Crippen MR) is 83.0 cm³/mol. The highest BCUT2D eigenvalue weighted by Gasteiger charge is 2.30. The van der Waals surface area contributed by atoms with Gasteiger partial charge in [-0.2, -0.15) is 8.42 Å². The maximum Gasteiger partial charge on any atom is 0.345 e. The van der Waals surface area contributed by atoms with Crippen LogP contribution in [-0.4, -0.2) is 45.0 Å². The first-order valence-corrected chi connectivity index (χ1v) is 8.02. The fourth-order valence-electron chi connectivity index (χ4n) is 2.00. The van der Waals surface area contributed by atoms with Crippen LogP contribution in [0, 0.1) is 0 Å². The molecule has 22 heavy (non-hydrogen) atoms. The third kappa shape index (κ3) is 2.96. The van der Waals surface area contributed by atoms with Crippen LogP contribution in [0.1, 0.15) is 12.5 Å². The van der Waals surface area contributed by atoms with E-state index in [0.29, 0.717) is 17.9 Å². The van der Waals surface area contributed by atoms with Crippen LogP contribution in [0.15, 0.2) is 40.4 Å². The number of allylic oxidation sites excluding steroid dienone is 1. The Morgan fingerprint density at radius 2 is 2.05 bits per heavy atom. The Bertz CT molecular complexity index is 753. The number of para-hydroxylation sites is 1. The number of benzene rings is 1. The molecule has 0 spiro atoms. The minimum absolute atomic E-state index is 0.0118. The largest absolute Gasteiger partial charge is 0.496 e. The molecule has 1 aromatic carbocycles. The summed E-state index contributed by atoms with van der Waals surface area (Å²) in [5, 5.41) is 2.58. The lowest BCUT2D eigenvalue weighted by atomic mass is 10.1. The first-order chi connectivity index (χ1) is 10.4. The molecule has 8 heteroatoms. The molecule has 0 aliphatic carbocycles. The Balaban J connectivity index is 2.57. The second-order valence-corrected chi connectivity index (χ2v) is 6.14. The third-order valence-electron chi connectivity index (χ3n) is 3.13. The van der Waals surface area contributed by atoms with Crippen LogP contribution in [-0.2, 0) is 15.0 Å². The van der Waals surface area contributed by atoms with Crippen LogP contribution in [0.4, 0.5) is 0 Å². The molecule has 0 saturated carbocycles. The van der Waals surface area contributed by atoms with Crippen LogP contribution in [0.5, 0.6) is 5.75 Å². The standard InChI is InChI=1S/C14H17N3O4S/c1-4-15-14(18)12-9-11(16-22(19,20)17(12)2)10-7-5-6-8-13(10)21-3/h5-9H,4H2,1-3H3,(H,15,18). The SMILES string of the molecule is CCNC(=O)C1=CC(c2ccccc2OC)=NS(=O)(=O)N1C. The van der Waals surface area contributed by atoms with Gasteiger partial charge in [-0.25, -0.2) is 4.31 Å². The molecule has 0 unspecified atom stereocenters. The zero-order valence-electron chi connectivity index (χ0n) is 12.5. The van der Waals surface area contributed by atoms with E-state index in [1.165, 1.54) is 20.2 Å². The van der Waals surface area contributed by atoms with Gasteiger partial charge in [0.05, 0.1) is 12.8 Å². The summed E-state index contributed by atoms with van der Waals surface area (Å²) in [5.74, 6) is 0.00313. The zero-order valence-corrected chi connectivity index (χ0v) is 13.3. The molecule has 7 nitrogen and oxygen atoms in total. The molecule has 1 N–H and O–H groups in total. The number of ether oxygens (including phenoxy) is 1. The van der Waals surface area contributed by atoms with Gasteiger partial charge in [0.1, 0.15) is 11.4 Å². The molecular weight excluding hydrogens is 306 g/mol. The summed E-state index contributed by atoms with van der Waals surface area (Å²) in [6.07, 6.45) is 1.43. The van der Waals surface area contributed by atoms with E-state index in [2.05, 4.69) is 9.71 Å². The Hall–Kier alpha value is -2.35. The van der Waals surface area contributed by atoms with E-state index in [1.54, 1.807) is 31.2 Å². The quantitative estimate of drug-likeness (QED) is 0.883. The number of rotatable bonds is 4. The molecule has 0 atom stereocenters. The van der Waals surface area contributed by atoms with Gasteiger partial charge in [0.25, 0.3) is 5.91 Å². The number of nitrogens with zero attached hydrogens (tertiary/aromatic N) is 2. The molecule has 1 amide bonds. The molecule has 1 aliphatic heterocycles. The van der Waals surface area contributed by atoms with Crippen molar-refractivity contribution in [1.82, 2.24) is 9.62 Å². The average molecular weight is 323 g/mol. The van der Waals surface area contributed by atoms with Crippen molar-refractivity contribution in [3.05, 3.63) is 41.6 Å². The van der Waals surface area contributed by atoms with Crippen molar-refractivity contribution in [2.45, 2.75) is 6.92 Å². The maximum atomic E-state index is 12.2. The van der Waals surface area contributed by atoms with Gasteiger partial charge in [-0.3, -0.25) is 4.79 Å². The number of amides is 1. The summed E-state index contributed by atoms with van der Waals surface area (Å²) in [6, 6.07) is 6.89. The van der Waals surface area contributed by atoms with Crippen molar-refractivity contribution in [1.29, 1.82) is 0 Å². The zero-order chi connectivity index (χ0) is 16.3. The molecule has 0 radical (unpaired) electrons. The van der Waals surface area contributed by atoms with Crippen molar-refractivity contribution in [2.24, 2.45) is 4.40 Å². The molecule has 1 aromatic rings. The molecule has 0 fully saturated rings. The molecule has 0 aromatic heterocycles. The number of carbonyl (C=O) groups excluding carboxylic acids is 1. The number of hydrogen-bond acceptors (Lipinski definition) is 4. The summed E-state index contributed by atoms with van der Waals surface area (Å²) in [6.45, 7) is 2.15. The smallest absolute Gasteiger partial charge is 0.345 e. The van der Waals surface area contributed by atoms with Crippen LogP contribution >= 0.6 is 0 Å². The van der Waals surface area contributed by atoms with E-state index in [-0.39, 0.29) is 11.4 Å². The van der Waals surface area contributed by atoms with Crippen LogP contribution in [0.25, 0.3) is 0 Å². The van der Waals surface area contributed by atoms with Crippen LogP contribution in [0.3, 0.4) is 0 Å². The minimum Gasteiger partial charge on any atom is -0.496 e. The fourth-order valence-corrected chi connectivity index (χ4v) is 2.91. The van der Waals surface area contributed by atoms with Gasteiger partial charge in [0.2, 0.25) is 0 Å². The van der Waals surface area contributed by atoms with E-state index in [0.717, 1.165) is 4.31 Å².